The zero-order valence-electron chi connectivity index (χ0n) is 20.3. The minimum atomic E-state index is -0.742. The fraction of sp³-hybridized carbons (Fsp3) is 0.462. The van der Waals surface area contributed by atoms with Gasteiger partial charge in [-0.3, -0.25) is 9.69 Å². The summed E-state index contributed by atoms with van der Waals surface area (Å²) in [6.45, 7) is 7.55. The summed E-state index contributed by atoms with van der Waals surface area (Å²) in [7, 11) is 3.90. The van der Waals surface area contributed by atoms with Crippen LogP contribution in [0.1, 0.15) is 43.5 Å². The Balaban J connectivity index is 1.81. The van der Waals surface area contributed by atoms with E-state index in [9.17, 15) is 9.59 Å². The number of nitrogens with one attached hydrogen (secondary N) is 1. The van der Waals surface area contributed by atoms with Gasteiger partial charge in [0.1, 0.15) is 24.0 Å². The van der Waals surface area contributed by atoms with E-state index >= 15 is 0 Å². The lowest BCUT2D eigenvalue weighted by molar-refractivity contribution is -0.127. The summed E-state index contributed by atoms with van der Waals surface area (Å²) in [5.74, 6) is 0.539. The molecular weight excluding hydrogens is 418 g/mol. The van der Waals surface area contributed by atoms with E-state index < -0.39 is 17.7 Å². The lowest BCUT2D eigenvalue weighted by Gasteiger charge is -2.37. The maximum Gasteiger partial charge on any atom is 0.411 e. The summed E-state index contributed by atoms with van der Waals surface area (Å²) in [4.78, 5) is 29.7. The van der Waals surface area contributed by atoms with Gasteiger partial charge in [0.25, 0.3) is 0 Å². The van der Waals surface area contributed by atoms with Crippen molar-refractivity contribution in [3.8, 4) is 5.75 Å². The molecule has 0 aromatic heterocycles. The zero-order chi connectivity index (χ0) is 24.0. The van der Waals surface area contributed by atoms with Gasteiger partial charge in [-0.25, -0.2) is 4.79 Å². The molecule has 0 aliphatic carbocycles. The molecule has 0 saturated carbocycles. The Morgan fingerprint density at radius 3 is 2.52 bits per heavy atom. The van der Waals surface area contributed by atoms with Crippen molar-refractivity contribution in [2.75, 3.05) is 33.7 Å². The lowest BCUT2D eigenvalue weighted by atomic mass is 9.92. The van der Waals surface area contributed by atoms with Crippen LogP contribution in [-0.2, 0) is 22.6 Å². The minimum absolute atomic E-state index is 0.207. The van der Waals surface area contributed by atoms with E-state index in [4.69, 9.17) is 9.47 Å². The highest BCUT2D eigenvalue weighted by atomic mass is 16.6. The average Bonchev–Trinajstić information content (AvgIpc) is 2.75. The third kappa shape index (κ3) is 6.96. The normalized spacial score (nSPS) is 15.7. The standard InChI is InChI=1S/C26H35N3O4/c1-26(2,3)33-25(31)29-15-13-20-17-21(32-18-19-9-7-6-8-10-19)11-12-22(20)23(29)24(30)27-14-16-28(4)5/h6-12,17,23H,13-16,18H2,1-5H3,(H,27,30). The van der Waals surface area contributed by atoms with Crippen molar-refractivity contribution in [3.05, 3.63) is 65.2 Å². The molecule has 3 rings (SSSR count). The third-order valence-electron chi connectivity index (χ3n) is 5.33. The molecule has 7 heteroatoms. The monoisotopic (exact) mass is 453 g/mol. The Kier molecular flexibility index (Phi) is 7.97. The smallest absolute Gasteiger partial charge is 0.411 e. The second-order valence-electron chi connectivity index (χ2n) is 9.56. The van der Waals surface area contributed by atoms with E-state index in [1.807, 2.05) is 88.3 Å². The molecule has 2 aromatic rings. The van der Waals surface area contributed by atoms with Crippen LogP contribution >= 0.6 is 0 Å². The van der Waals surface area contributed by atoms with E-state index in [1.165, 1.54) is 4.90 Å². The first-order valence-corrected chi connectivity index (χ1v) is 11.4. The van der Waals surface area contributed by atoms with Gasteiger partial charge < -0.3 is 19.7 Å². The molecule has 178 valence electrons. The van der Waals surface area contributed by atoms with Crippen molar-refractivity contribution in [2.45, 2.75) is 45.4 Å². The molecule has 0 spiro atoms. The molecule has 0 radical (unpaired) electrons. The number of likely N-dealkylation sites (N-methyl/N-ethyl adjacent to an activating group) is 1. The van der Waals surface area contributed by atoms with Gasteiger partial charge in [-0.1, -0.05) is 36.4 Å². The van der Waals surface area contributed by atoms with Gasteiger partial charge in [0, 0.05) is 19.6 Å². The first kappa shape index (κ1) is 24.6. The van der Waals surface area contributed by atoms with Crippen LogP contribution in [0.25, 0.3) is 0 Å². The van der Waals surface area contributed by atoms with E-state index in [-0.39, 0.29) is 5.91 Å². The Labute approximate surface area is 196 Å². The van der Waals surface area contributed by atoms with Gasteiger partial charge in [0.05, 0.1) is 0 Å². The Hall–Kier alpha value is -3.06. The highest BCUT2D eigenvalue weighted by Gasteiger charge is 2.38. The SMILES string of the molecule is CN(C)CCNC(=O)C1c2ccc(OCc3ccccc3)cc2CCN1C(=O)OC(C)(C)C. The van der Waals surface area contributed by atoms with Crippen LogP contribution in [0, 0.1) is 0 Å². The first-order chi connectivity index (χ1) is 15.6. The van der Waals surface area contributed by atoms with Crippen LogP contribution in [-0.4, -0.2) is 61.1 Å². The molecule has 1 N–H and O–H groups in total. The number of amides is 2. The number of nitrogens with zero attached hydrogens (tertiary/aromatic N) is 2. The number of hydrogen-bond donors (Lipinski definition) is 1. The van der Waals surface area contributed by atoms with Crippen molar-refractivity contribution in [1.82, 2.24) is 15.1 Å². The van der Waals surface area contributed by atoms with Gasteiger partial charge in [0.2, 0.25) is 5.91 Å². The van der Waals surface area contributed by atoms with Gasteiger partial charge >= 0.3 is 6.09 Å². The third-order valence-corrected chi connectivity index (χ3v) is 5.33. The summed E-state index contributed by atoms with van der Waals surface area (Å²) >= 11 is 0. The predicted octanol–water partition coefficient (Wildman–Crippen LogP) is 3.78. The fourth-order valence-electron chi connectivity index (χ4n) is 3.73. The van der Waals surface area contributed by atoms with Gasteiger partial charge in [-0.05, 0) is 70.1 Å². The highest BCUT2D eigenvalue weighted by Crippen LogP contribution is 2.33. The first-order valence-electron chi connectivity index (χ1n) is 11.4. The summed E-state index contributed by atoms with van der Waals surface area (Å²) in [5.41, 5.74) is 2.26. The Morgan fingerprint density at radius 1 is 1.12 bits per heavy atom. The Bertz CT molecular complexity index is 954. The van der Waals surface area contributed by atoms with Crippen LogP contribution in [0.5, 0.6) is 5.75 Å². The predicted molar refractivity (Wildman–Crippen MR) is 128 cm³/mol. The van der Waals surface area contributed by atoms with E-state index in [0.29, 0.717) is 32.7 Å². The minimum Gasteiger partial charge on any atom is -0.489 e. The number of rotatable bonds is 7. The van der Waals surface area contributed by atoms with Crippen LogP contribution < -0.4 is 10.1 Å². The largest absolute Gasteiger partial charge is 0.489 e. The number of benzene rings is 2. The molecule has 2 amide bonds. The van der Waals surface area contributed by atoms with Crippen molar-refractivity contribution in [3.63, 3.8) is 0 Å². The van der Waals surface area contributed by atoms with Crippen LogP contribution in [0.4, 0.5) is 4.79 Å². The summed E-state index contributed by atoms with van der Waals surface area (Å²) in [5, 5.41) is 2.97. The molecule has 33 heavy (non-hydrogen) atoms. The molecule has 7 nitrogen and oxygen atoms in total. The van der Waals surface area contributed by atoms with Crippen molar-refractivity contribution < 1.29 is 19.1 Å². The number of hydrogen-bond acceptors (Lipinski definition) is 5. The summed E-state index contributed by atoms with van der Waals surface area (Å²) in [6, 6.07) is 15.0. The molecule has 0 saturated heterocycles. The fourth-order valence-corrected chi connectivity index (χ4v) is 3.73. The molecule has 0 bridgehead atoms. The van der Waals surface area contributed by atoms with Crippen LogP contribution in [0.3, 0.4) is 0 Å². The highest BCUT2D eigenvalue weighted by molar-refractivity contribution is 5.88. The molecule has 1 aliphatic heterocycles. The molecule has 0 fully saturated rings. The van der Waals surface area contributed by atoms with E-state index in [2.05, 4.69) is 5.32 Å². The number of ether oxygens (including phenoxy) is 2. The second kappa shape index (κ2) is 10.7. The van der Waals surface area contributed by atoms with Crippen molar-refractivity contribution in [2.24, 2.45) is 0 Å². The summed E-state index contributed by atoms with van der Waals surface area (Å²) < 4.78 is 11.6. The summed E-state index contributed by atoms with van der Waals surface area (Å²) in [6.07, 6.45) is 0.142. The molecule has 1 unspecified atom stereocenters. The molecule has 1 atom stereocenters. The molecular formula is C26H35N3O4. The molecule has 2 aromatic carbocycles. The average molecular weight is 454 g/mol. The van der Waals surface area contributed by atoms with Gasteiger partial charge in [-0.15, -0.1) is 0 Å². The maximum atomic E-state index is 13.2. The van der Waals surface area contributed by atoms with E-state index in [1.54, 1.807) is 0 Å². The lowest BCUT2D eigenvalue weighted by Crippen LogP contribution is -2.49. The zero-order valence-corrected chi connectivity index (χ0v) is 20.3. The molecule has 1 heterocycles. The number of carbonyl (C=O) groups is 2. The topological polar surface area (TPSA) is 71.1 Å². The van der Waals surface area contributed by atoms with Crippen molar-refractivity contribution in [1.29, 1.82) is 0 Å². The second-order valence-corrected chi connectivity index (χ2v) is 9.56. The van der Waals surface area contributed by atoms with Crippen molar-refractivity contribution >= 4 is 12.0 Å². The number of fused-ring (bicyclic) bond motifs is 1. The van der Waals surface area contributed by atoms with Crippen LogP contribution in [0.2, 0.25) is 0 Å². The maximum absolute atomic E-state index is 13.2. The van der Waals surface area contributed by atoms with Crippen LogP contribution in [0.15, 0.2) is 48.5 Å². The number of carbonyl (C=O) groups excluding carboxylic acids is 2. The van der Waals surface area contributed by atoms with E-state index in [0.717, 1.165) is 22.4 Å². The van der Waals surface area contributed by atoms with Gasteiger partial charge in [-0.2, -0.15) is 0 Å². The molecule has 1 aliphatic rings. The van der Waals surface area contributed by atoms with Gasteiger partial charge in [0.15, 0.2) is 0 Å². The quantitative estimate of drug-likeness (QED) is 0.691. The Morgan fingerprint density at radius 2 is 1.85 bits per heavy atom.